The number of rotatable bonds is 8. The first kappa shape index (κ1) is 47.7. The molecule has 64 heavy (non-hydrogen) atoms. The van der Waals surface area contributed by atoms with Gasteiger partial charge in [0, 0.05) is 28.7 Å². The minimum absolute atomic E-state index is 0.0150. The molecule has 1 fully saturated rings. The first-order chi connectivity index (χ1) is 30.7. The highest BCUT2D eigenvalue weighted by Gasteiger charge is 2.20. The van der Waals surface area contributed by atoms with Gasteiger partial charge in [0.25, 0.3) is 23.6 Å². The van der Waals surface area contributed by atoms with E-state index in [1.54, 1.807) is 32.9 Å². The van der Waals surface area contributed by atoms with Crippen LogP contribution in [0.25, 0.3) is 0 Å². The molecule has 8 rings (SSSR count). The van der Waals surface area contributed by atoms with Crippen LogP contribution in [0.4, 0.5) is 17.1 Å². The molecule has 4 N–H and O–H groups in total. The molecule has 12 heteroatoms. The van der Waals surface area contributed by atoms with Crippen LogP contribution in [0.15, 0.2) is 133 Å². The second kappa shape index (κ2) is 23.2. The fraction of sp³-hybridized carbons (Fsp3) is 0.269. The van der Waals surface area contributed by atoms with Gasteiger partial charge in [0.2, 0.25) is 0 Å². The van der Waals surface area contributed by atoms with Crippen LogP contribution >= 0.6 is 0 Å². The van der Waals surface area contributed by atoms with Gasteiger partial charge in [-0.25, -0.2) is 0 Å². The molecule has 7 aromatic rings. The van der Waals surface area contributed by atoms with Gasteiger partial charge in [-0.3, -0.25) is 19.2 Å². The van der Waals surface area contributed by atoms with E-state index in [-0.39, 0.29) is 23.6 Å². The summed E-state index contributed by atoms with van der Waals surface area (Å²) in [6.45, 7) is 14.6. The summed E-state index contributed by atoms with van der Waals surface area (Å²) >= 11 is 0. The zero-order valence-electron chi connectivity index (χ0n) is 37.8. The number of benzene rings is 3. The highest BCUT2D eigenvalue weighted by Crippen LogP contribution is 2.23. The van der Waals surface area contributed by atoms with Crippen molar-refractivity contribution in [3.8, 4) is 0 Å². The van der Waals surface area contributed by atoms with E-state index >= 15 is 0 Å². The normalized spacial score (nSPS) is 11.9. The summed E-state index contributed by atoms with van der Waals surface area (Å²) in [6, 6.07) is 33.7. The van der Waals surface area contributed by atoms with Gasteiger partial charge in [0.1, 0.15) is 40.3 Å². The lowest BCUT2D eigenvalue weighted by Gasteiger charge is -2.22. The molecule has 12 nitrogen and oxygen atoms in total. The number of aryl methyl sites for hydroxylation is 7. The number of carbonyl (C=O) groups excluding carboxylic acids is 4. The molecule has 4 heterocycles. The lowest BCUT2D eigenvalue weighted by Crippen LogP contribution is -2.36. The minimum atomic E-state index is -0.146. The third-order valence-electron chi connectivity index (χ3n) is 10.5. The molecule has 4 aromatic heterocycles. The lowest BCUT2D eigenvalue weighted by atomic mass is 9.95. The highest BCUT2D eigenvalue weighted by molar-refractivity contribution is 6.06. The van der Waals surface area contributed by atoms with Crippen molar-refractivity contribution in [1.29, 1.82) is 0 Å². The van der Waals surface area contributed by atoms with Crippen LogP contribution in [0.1, 0.15) is 119 Å². The number of furan rings is 4. The van der Waals surface area contributed by atoms with Crippen LogP contribution in [0.3, 0.4) is 0 Å². The van der Waals surface area contributed by atoms with Crippen LogP contribution in [0.2, 0.25) is 0 Å². The van der Waals surface area contributed by atoms with Crippen molar-refractivity contribution >= 4 is 40.7 Å². The minimum Gasteiger partial charge on any atom is -0.469 e. The third kappa shape index (κ3) is 13.8. The quantitative estimate of drug-likeness (QED) is 0.117. The number of hydrogen-bond donors (Lipinski definition) is 4. The van der Waals surface area contributed by atoms with Crippen LogP contribution in [0, 0.1) is 55.4 Å². The molecule has 0 unspecified atom stereocenters. The Bertz CT molecular complexity index is 2600. The lowest BCUT2D eigenvalue weighted by molar-refractivity contribution is 0.0924. The summed E-state index contributed by atoms with van der Waals surface area (Å²) in [7, 11) is 0. The zero-order valence-corrected chi connectivity index (χ0v) is 37.8. The predicted octanol–water partition coefficient (Wildman–Crippen LogP) is 12.4. The molecule has 0 saturated heterocycles. The second-order valence-corrected chi connectivity index (χ2v) is 15.5. The molecule has 0 radical (unpaired) electrons. The zero-order chi connectivity index (χ0) is 46.2. The monoisotopic (exact) mass is 866 g/mol. The molecular formula is C52H58N4O8. The van der Waals surface area contributed by atoms with Crippen LogP contribution in [0.5, 0.6) is 0 Å². The molecule has 3 aromatic carbocycles. The smallest absolute Gasteiger partial charge is 0.259 e. The van der Waals surface area contributed by atoms with E-state index in [0.29, 0.717) is 51.3 Å². The van der Waals surface area contributed by atoms with E-state index in [4.69, 9.17) is 17.7 Å². The van der Waals surface area contributed by atoms with Gasteiger partial charge in [-0.15, -0.1) is 0 Å². The van der Waals surface area contributed by atoms with Crippen LogP contribution < -0.4 is 21.3 Å². The Hall–Kier alpha value is -7.34. The molecular weight excluding hydrogens is 809 g/mol. The Morgan fingerprint density at radius 1 is 0.453 bits per heavy atom. The largest absolute Gasteiger partial charge is 0.469 e. The third-order valence-corrected chi connectivity index (χ3v) is 10.5. The van der Waals surface area contributed by atoms with Gasteiger partial charge in [-0.1, -0.05) is 73.9 Å². The number of nitrogens with one attached hydrogen (secondary N) is 4. The van der Waals surface area contributed by atoms with E-state index in [0.717, 1.165) is 52.7 Å². The molecule has 0 atom stereocenters. The number of carbonyl (C=O) groups is 4. The van der Waals surface area contributed by atoms with Gasteiger partial charge in [-0.05, 0) is 123 Å². The van der Waals surface area contributed by atoms with Crippen LogP contribution in [-0.4, -0.2) is 29.7 Å². The Labute approximate surface area is 374 Å². The van der Waals surface area contributed by atoms with Gasteiger partial charge < -0.3 is 38.9 Å². The summed E-state index contributed by atoms with van der Waals surface area (Å²) in [5.74, 6) is 4.59. The number of para-hydroxylation sites is 3. The molecule has 1 saturated carbocycles. The Morgan fingerprint density at radius 2 is 0.891 bits per heavy atom. The average Bonchev–Trinajstić information content (AvgIpc) is 4.03. The van der Waals surface area contributed by atoms with Crippen molar-refractivity contribution in [1.82, 2.24) is 5.32 Å². The Kier molecular flexibility index (Phi) is 17.3. The van der Waals surface area contributed by atoms with Crippen molar-refractivity contribution in [2.24, 2.45) is 0 Å². The van der Waals surface area contributed by atoms with Gasteiger partial charge in [0.15, 0.2) is 0 Å². The summed E-state index contributed by atoms with van der Waals surface area (Å²) in [5, 5.41) is 11.5. The number of amides is 4. The summed E-state index contributed by atoms with van der Waals surface area (Å²) in [4.78, 5) is 47.7. The summed E-state index contributed by atoms with van der Waals surface area (Å²) < 4.78 is 21.2. The van der Waals surface area contributed by atoms with Crippen molar-refractivity contribution in [3.63, 3.8) is 0 Å². The summed E-state index contributed by atoms with van der Waals surface area (Å²) in [6.07, 6.45) is 7.50. The Balaban J connectivity index is 0.000000161. The molecule has 1 aliphatic carbocycles. The first-order valence-corrected chi connectivity index (χ1v) is 21.3. The maximum Gasteiger partial charge on any atom is 0.259 e. The maximum atomic E-state index is 12.1. The predicted molar refractivity (Wildman–Crippen MR) is 250 cm³/mol. The van der Waals surface area contributed by atoms with Crippen LogP contribution in [-0.2, 0) is 0 Å². The molecule has 334 valence electrons. The fourth-order valence-corrected chi connectivity index (χ4v) is 7.13. The molecule has 1 aliphatic rings. The fourth-order valence-electron chi connectivity index (χ4n) is 7.13. The van der Waals surface area contributed by atoms with Crippen molar-refractivity contribution < 1.29 is 36.8 Å². The molecule has 0 spiro atoms. The van der Waals surface area contributed by atoms with Crippen molar-refractivity contribution in [3.05, 3.63) is 184 Å². The topological polar surface area (TPSA) is 169 Å². The molecule has 0 bridgehead atoms. The van der Waals surface area contributed by atoms with Crippen molar-refractivity contribution in [2.45, 2.75) is 93.5 Å². The maximum absolute atomic E-state index is 12.1. The second-order valence-electron chi connectivity index (χ2n) is 15.5. The summed E-state index contributed by atoms with van der Waals surface area (Å²) in [5.41, 5.74) is 5.72. The van der Waals surface area contributed by atoms with E-state index in [1.165, 1.54) is 25.5 Å². The Morgan fingerprint density at radius 3 is 1.28 bits per heavy atom. The van der Waals surface area contributed by atoms with E-state index in [9.17, 15) is 19.2 Å². The highest BCUT2D eigenvalue weighted by atomic mass is 16.3. The molecule has 4 amide bonds. The average molecular weight is 867 g/mol. The van der Waals surface area contributed by atoms with Gasteiger partial charge in [0.05, 0.1) is 28.5 Å². The number of anilines is 3. The van der Waals surface area contributed by atoms with E-state index in [1.807, 2.05) is 132 Å². The first-order valence-electron chi connectivity index (χ1n) is 21.3. The van der Waals surface area contributed by atoms with E-state index in [2.05, 4.69) is 21.3 Å². The SMILES string of the molecule is Cc1cc(C(=O)NC2CCCCC2)c(C)o1.Cc1cc(C(=O)Nc2ccccc2)c(C)o1.Cc1oc(C)c(C(=O)Nc2ccccc2)c1C.Cc1occc1C(=O)Nc1ccccc1. The van der Waals surface area contributed by atoms with Gasteiger partial charge in [-0.2, -0.15) is 0 Å². The number of hydrogen-bond acceptors (Lipinski definition) is 8. The van der Waals surface area contributed by atoms with Gasteiger partial charge >= 0.3 is 0 Å². The molecule has 0 aliphatic heterocycles. The van der Waals surface area contributed by atoms with Crippen molar-refractivity contribution in [2.75, 3.05) is 16.0 Å². The van der Waals surface area contributed by atoms with E-state index < -0.39 is 0 Å². The standard InChI is InChI=1S/C14H15NO2.C13H19NO2.C13H13NO2.C12H11NO2/c1-9-10(2)17-11(3)13(9)14(16)15-12-7-5-4-6-8-12;2*1-9-8-12(10(2)16-9)13(15)14-11-6-4-3-5-7-11;1-9-11(7-8-15-9)12(14)13-10-5-3-2-4-6-10/h4-8H,1-3H3,(H,15,16);8,11H,3-7H2,1-2H3,(H,14,15);3-8H,1-2H3,(H,14,15);2-8H,1H3,(H,13,14).